The van der Waals surface area contributed by atoms with Crippen LogP contribution in [0.5, 0.6) is 0 Å². The number of carbonyl (C=O) groups excluding carboxylic acids is 1. The lowest BCUT2D eigenvalue weighted by Gasteiger charge is -2.12. The van der Waals surface area contributed by atoms with Crippen molar-refractivity contribution in [3.8, 4) is 0 Å². The second-order valence-electron chi connectivity index (χ2n) is 6.77. The van der Waals surface area contributed by atoms with E-state index in [1.54, 1.807) is 13.2 Å². The van der Waals surface area contributed by atoms with Crippen molar-refractivity contribution in [1.29, 1.82) is 0 Å². The van der Waals surface area contributed by atoms with E-state index >= 15 is 0 Å². The molecule has 1 amide bonds. The number of aromatic nitrogens is 4. The summed E-state index contributed by atoms with van der Waals surface area (Å²) in [4.78, 5) is 29.8. The molecule has 0 aliphatic carbocycles. The van der Waals surface area contributed by atoms with Gasteiger partial charge in [-0.05, 0) is 17.7 Å². The van der Waals surface area contributed by atoms with Crippen LogP contribution in [0.2, 0.25) is 0 Å². The van der Waals surface area contributed by atoms with Gasteiger partial charge in [-0.1, -0.05) is 42.1 Å². The zero-order chi connectivity index (χ0) is 22.0. The predicted octanol–water partition coefficient (Wildman–Crippen LogP) is 3.19. The maximum atomic E-state index is 13.8. The summed E-state index contributed by atoms with van der Waals surface area (Å²) >= 11 is 1.03. The van der Waals surface area contributed by atoms with Gasteiger partial charge in [0, 0.05) is 13.1 Å². The van der Waals surface area contributed by atoms with Crippen LogP contribution in [0.25, 0.3) is 11.0 Å². The minimum absolute atomic E-state index is 0.150. The molecule has 0 unspecified atom stereocenters. The molecule has 158 valence electrons. The number of fused-ring (bicyclic) bond motifs is 1. The molecule has 0 aliphatic heterocycles. The molecule has 1 N–H and O–H groups in total. The third-order valence-electron chi connectivity index (χ3n) is 4.42. The van der Waals surface area contributed by atoms with E-state index in [0.717, 1.165) is 35.5 Å². The topological polar surface area (TPSA) is 81.8 Å². The molecule has 2 aromatic heterocycles. The molecule has 0 spiro atoms. The molecular formula is C21H17F2N5O2S. The van der Waals surface area contributed by atoms with E-state index in [0.29, 0.717) is 10.7 Å². The van der Waals surface area contributed by atoms with Crippen LogP contribution in [0.15, 0.2) is 64.7 Å². The average molecular weight is 441 g/mol. The van der Waals surface area contributed by atoms with Crippen LogP contribution in [-0.2, 0) is 18.4 Å². The third-order valence-corrected chi connectivity index (χ3v) is 5.40. The normalized spacial score (nSPS) is 11.1. The summed E-state index contributed by atoms with van der Waals surface area (Å²) in [5, 5.41) is 6.84. The van der Waals surface area contributed by atoms with Gasteiger partial charge in [0.25, 0.3) is 5.56 Å². The molecule has 0 saturated heterocycles. The minimum atomic E-state index is -0.740. The monoisotopic (exact) mass is 441 g/mol. The lowest BCUT2D eigenvalue weighted by Crippen LogP contribution is -2.25. The molecule has 0 fully saturated rings. The van der Waals surface area contributed by atoms with Gasteiger partial charge in [-0.25, -0.2) is 13.8 Å². The first-order chi connectivity index (χ1) is 14.9. The van der Waals surface area contributed by atoms with Gasteiger partial charge in [0.2, 0.25) is 5.91 Å². The van der Waals surface area contributed by atoms with Crippen molar-refractivity contribution in [1.82, 2.24) is 19.3 Å². The van der Waals surface area contributed by atoms with Crippen LogP contribution >= 0.6 is 11.8 Å². The van der Waals surface area contributed by atoms with Crippen molar-refractivity contribution in [2.45, 2.75) is 11.7 Å². The number of amides is 1. The van der Waals surface area contributed by atoms with Gasteiger partial charge in [0.15, 0.2) is 10.7 Å². The summed E-state index contributed by atoms with van der Waals surface area (Å²) in [7, 11) is 1.69. The number of halogens is 2. The highest BCUT2D eigenvalue weighted by molar-refractivity contribution is 7.99. The van der Waals surface area contributed by atoms with E-state index in [1.807, 2.05) is 30.3 Å². The van der Waals surface area contributed by atoms with E-state index in [9.17, 15) is 18.4 Å². The molecule has 4 aromatic rings. The first-order valence-electron chi connectivity index (χ1n) is 9.26. The predicted molar refractivity (Wildman–Crippen MR) is 114 cm³/mol. The van der Waals surface area contributed by atoms with Crippen molar-refractivity contribution >= 4 is 34.4 Å². The average Bonchev–Trinajstić information content (AvgIpc) is 3.13. The van der Waals surface area contributed by atoms with Crippen molar-refractivity contribution in [3.63, 3.8) is 0 Å². The molecule has 4 rings (SSSR count). The Kier molecular flexibility index (Phi) is 5.81. The maximum absolute atomic E-state index is 13.8. The Balaban J connectivity index is 1.61. The quantitative estimate of drug-likeness (QED) is 0.367. The standard InChI is InChI=1S/C21H17F2N5O2S/c1-27-11-17-19(26-27)20(30)28(10-13-5-3-2-4-6-13)21(25-17)31-12-18(29)24-16-9-14(22)7-8-15(16)23/h2-9,11H,10,12H2,1H3,(H,24,29). The van der Waals surface area contributed by atoms with Crippen molar-refractivity contribution in [2.75, 3.05) is 11.1 Å². The smallest absolute Gasteiger partial charge is 0.282 e. The molecule has 7 nitrogen and oxygen atoms in total. The lowest BCUT2D eigenvalue weighted by atomic mass is 10.2. The van der Waals surface area contributed by atoms with Gasteiger partial charge in [0.05, 0.1) is 24.2 Å². The number of carbonyl (C=O) groups is 1. The summed E-state index contributed by atoms with van der Waals surface area (Å²) in [6.07, 6.45) is 1.62. The number of benzene rings is 2. The molecule has 31 heavy (non-hydrogen) atoms. The van der Waals surface area contributed by atoms with Crippen LogP contribution in [0, 0.1) is 11.6 Å². The number of hydrogen-bond acceptors (Lipinski definition) is 5. The summed E-state index contributed by atoms with van der Waals surface area (Å²) in [5.41, 5.74) is 0.955. The molecular weight excluding hydrogens is 424 g/mol. The van der Waals surface area contributed by atoms with Crippen molar-refractivity contribution < 1.29 is 13.6 Å². The molecule has 0 aliphatic rings. The van der Waals surface area contributed by atoms with E-state index in [4.69, 9.17) is 0 Å². The summed E-state index contributed by atoms with van der Waals surface area (Å²) < 4.78 is 30.0. The Morgan fingerprint density at radius 2 is 1.94 bits per heavy atom. The zero-order valence-electron chi connectivity index (χ0n) is 16.4. The Morgan fingerprint density at radius 1 is 1.16 bits per heavy atom. The summed E-state index contributed by atoms with van der Waals surface area (Å²) in [5.74, 6) is -2.11. The summed E-state index contributed by atoms with van der Waals surface area (Å²) in [6.45, 7) is 0.252. The molecule has 2 aromatic carbocycles. The highest BCUT2D eigenvalue weighted by Crippen LogP contribution is 2.20. The first-order valence-corrected chi connectivity index (χ1v) is 10.2. The van der Waals surface area contributed by atoms with Crippen LogP contribution < -0.4 is 10.9 Å². The second-order valence-corrected chi connectivity index (χ2v) is 7.71. The number of nitrogens with one attached hydrogen (secondary N) is 1. The fourth-order valence-electron chi connectivity index (χ4n) is 3.01. The Bertz CT molecular complexity index is 1320. The number of aryl methyl sites for hydroxylation is 1. The number of rotatable bonds is 6. The van der Waals surface area contributed by atoms with Gasteiger partial charge >= 0.3 is 0 Å². The minimum Gasteiger partial charge on any atom is -0.323 e. The second kappa shape index (κ2) is 8.68. The summed E-state index contributed by atoms with van der Waals surface area (Å²) in [6, 6.07) is 12.2. The van der Waals surface area contributed by atoms with Crippen LogP contribution in [-0.4, -0.2) is 31.0 Å². The van der Waals surface area contributed by atoms with Gasteiger partial charge in [-0.2, -0.15) is 5.10 Å². The van der Waals surface area contributed by atoms with Gasteiger partial charge in [0.1, 0.15) is 17.2 Å². The largest absolute Gasteiger partial charge is 0.323 e. The lowest BCUT2D eigenvalue weighted by molar-refractivity contribution is -0.113. The number of anilines is 1. The van der Waals surface area contributed by atoms with Gasteiger partial charge in [-0.3, -0.25) is 18.8 Å². The molecule has 0 saturated carbocycles. The molecule has 0 atom stereocenters. The maximum Gasteiger partial charge on any atom is 0.282 e. The molecule has 10 heteroatoms. The third kappa shape index (κ3) is 4.64. The molecule has 0 bridgehead atoms. The molecule has 0 radical (unpaired) electrons. The Labute approximate surface area is 179 Å². The number of hydrogen-bond donors (Lipinski definition) is 1. The fourth-order valence-corrected chi connectivity index (χ4v) is 3.81. The SMILES string of the molecule is Cn1cc2nc(SCC(=O)Nc3cc(F)ccc3F)n(Cc3ccccc3)c(=O)c2n1. The van der Waals surface area contributed by atoms with Crippen LogP contribution in [0.4, 0.5) is 14.5 Å². The number of nitrogens with zero attached hydrogens (tertiary/aromatic N) is 4. The van der Waals surface area contributed by atoms with Crippen LogP contribution in [0.3, 0.4) is 0 Å². The fraction of sp³-hybridized carbons (Fsp3) is 0.143. The first kappa shape index (κ1) is 20.7. The van der Waals surface area contributed by atoms with Crippen molar-refractivity contribution in [3.05, 3.63) is 82.3 Å². The highest BCUT2D eigenvalue weighted by atomic mass is 32.2. The number of thioether (sulfide) groups is 1. The zero-order valence-corrected chi connectivity index (χ0v) is 17.2. The molecule has 2 heterocycles. The van der Waals surface area contributed by atoms with E-state index in [1.165, 1.54) is 9.25 Å². The van der Waals surface area contributed by atoms with Gasteiger partial charge < -0.3 is 5.32 Å². The van der Waals surface area contributed by atoms with Gasteiger partial charge in [-0.15, -0.1) is 0 Å². The van der Waals surface area contributed by atoms with E-state index in [2.05, 4.69) is 15.4 Å². The van der Waals surface area contributed by atoms with Crippen LogP contribution in [0.1, 0.15) is 5.56 Å². The highest BCUT2D eigenvalue weighted by Gasteiger charge is 2.17. The Hall–Kier alpha value is -3.53. The van der Waals surface area contributed by atoms with E-state index in [-0.39, 0.29) is 29.1 Å². The Morgan fingerprint density at radius 3 is 2.71 bits per heavy atom. The van der Waals surface area contributed by atoms with E-state index < -0.39 is 17.5 Å². The van der Waals surface area contributed by atoms with Crippen molar-refractivity contribution in [2.24, 2.45) is 7.05 Å².